The molecule has 0 bridgehead atoms. The molecule has 0 aliphatic heterocycles. The second kappa shape index (κ2) is 7.85. The second-order valence-corrected chi connectivity index (χ2v) is 4.38. The highest BCUT2D eigenvalue weighted by molar-refractivity contribution is 6.33. The van der Waals surface area contributed by atoms with E-state index in [0.717, 1.165) is 0 Å². The fraction of sp³-hybridized carbons (Fsp3) is 0.455. The fourth-order valence-corrected chi connectivity index (χ4v) is 1.70. The van der Waals surface area contributed by atoms with Crippen molar-refractivity contribution >= 4 is 28.7 Å². The number of benzene rings is 1. The predicted molar refractivity (Wildman–Crippen MR) is 75.3 cm³/mol. The van der Waals surface area contributed by atoms with Crippen LogP contribution in [0.2, 0.25) is 5.02 Å². The van der Waals surface area contributed by atoms with Gasteiger partial charge in [-0.3, -0.25) is 10.1 Å². The lowest BCUT2D eigenvalue weighted by Gasteiger charge is -2.13. The zero-order valence-corrected chi connectivity index (χ0v) is 11.3. The lowest BCUT2D eigenvalue weighted by Crippen LogP contribution is -2.23. The van der Waals surface area contributed by atoms with Crippen molar-refractivity contribution in [2.24, 2.45) is 0 Å². The average Bonchev–Trinajstić information content (AvgIpc) is 2.43. The molecule has 0 amide bonds. The number of anilines is 2. The van der Waals surface area contributed by atoms with E-state index in [2.05, 4.69) is 10.6 Å². The van der Waals surface area contributed by atoms with E-state index in [1.807, 2.05) is 0 Å². The molecule has 0 radical (unpaired) electrons. The number of hydrogen-bond donors (Lipinski definition) is 5. The molecule has 0 saturated heterocycles. The maximum absolute atomic E-state index is 11.0. The molecule has 112 valence electrons. The van der Waals surface area contributed by atoms with Gasteiger partial charge < -0.3 is 26.0 Å². The Morgan fingerprint density at radius 3 is 2.55 bits per heavy atom. The van der Waals surface area contributed by atoms with Crippen molar-refractivity contribution in [3.05, 3.63) is 27.3 Å². The Hall–Kier alpha value is -1.61. The molecule has 0 aliphatic carbocycles. The monoisotopic (exact) mass is 305 g/mol. The first-order chi connectivity index (χ1) is 9.49. The lowest BCUT2D eigenvalue weighted by atomic mass is 10.2. The minimum Gasteiger partial charge on any atom is -0.395 e. The van der Waals surface area contributed by atoms with Gasteiger partial charge in [0, 0.05) is 19.2 Å². The molecule has 20 heavy (non-hydrogen) atoms. The minimum absolute atomic E-state index is 0.0107. The smallest absolute Gasteiger partial charge is 0.294 e. The standard InChI is InChI=1S/C11H16ClN3O5/c12-8-3-10(13-1-2-16)11(15(19)20)4-9(8)14-5-7(18)6-17/h3-4,7,13-14,16-18H,1-2,5-6H2. The maximum Gasteiger partial charge on any atom is 0.294 e. The first-order valence-electron chi connectivity index (χ1n) is 5.85. The van der Waals surface area contributed by atoms with Crippen molar-refractivity contribution in [2.45, 2.75) is 6.10 Å². The molecule has 1 aromatic rings. The second-order valence-electron chi connectivity index (χ2n) is 3.97. The Kier molecular flexibility index (Phi) is 6.46. The molecule has 0 aromatic heterocycles. The van der Waals surface area contributed by atoms with Crippen LogP contribution in [0.4, 0.5) is 17.1 Å². The SMILES string of the molecule is O=[N+]([O-])c1cc(NCC(O)CO)c(Cl)cc1NCCO. The van der Waals surface area contributed by atoms with Gasteiger partial charge in [-0.2, -0.15) is 0 Å². The zero-order valence-electron chi connectivity index (χ0n) is 10.5. The van der Waals surface area contributed by atoms with Crippen molar-refractivity contribution < 1.29 is 20.2 Å². The molecule has 0 heterocycles. The third-order valence-corrected chi connectivity index (χ3v) is 2.76. The summed E-state index contributed by atoms with van der Waals surface area (Å²) >= 11 is 5.98. The maximum atomic E-state index is 11.0. The van der Waals surface area contributed by atoms with Crippen molar-refractivity contribution in [3.8, 4) is 0 Å². The van der Waals surface area contributed by atoms with Crippen LogP contribution >= 0.6 is 11.6 Å². The van der Waals surface area contributed by atoms with Crippen LogP contribution in [0.15, 0.2) is 12.1 Å². The lowest BCUT2D eigenvalue weighted by molar-refractivity contribution is -0.383. The van der Waals surface area contributed by atoms with Crippen molar-refractivity contribution in [1.82, 2.24) is 0 Å². The number of nitrogens with one attached hydrogen (secondary N) is 2. The van der Waals surface area contributed by atoms with Gasteiger partial charge in [-0.15, -0.1) is 0 Å². The summed E-state index contributed by atoms with van der Waals surface area (Å²) in [6.07, 6.45) is -0.989. The van der Waals surface area contributed by atoms with Gasteiger partial charge in [-0.05, 0) is 6.07 Å². The van der Waals surface area contributed by atoms with Gasteiger partial charge in [0.1, 0.15) is 5.69 Å². The molecule has 1 rings (SSSR count). The molecule has 5 N–H and O–H groups in total. The first-order valence-corrected chi connectivity index (χ1v) is 6.22. The fourth-order valence-electron chi connectivity index (χ4n) is 1.47. The van der Waals surface area contributed by atoms with Crippen LogP contribution < -0.4 is 10.6 Å². The number of nitrogens with zero attached hydrogens (tertiary/aromatic N) is 1. The van der Waals surface area contributed by atoms with Crippen molar-refractivity contribution in [2.75, 3.05) is 36.9 Å². The molecule has 0 spiro atoms. The Morgan fingerprint density at radius 1 is 1.30 bits per heavy atom. The molecule has 1 unspecified atom stereocenters. The molecule has 9 heteroatoms. The number of aliphatic hydroxyl groups excluding tert-OH is 3. The van der Waals surface area contributed by atoms with E-state index in [1.165, 1.54) is 12.1 Å². The number of aliphatic hydroxyl groups is 3. The van der Waals surface area contributed by atoms with E-state index in [9.17, 15) is 15.2 Å². The van der Waals surface area contributed by atoms with E-state index in [4.69, 9.17) is 21.8 Å². The van der Waals surface area contributed by atoms with Crippen molar-refractivity contribution in [1.29, 1.82) is 0 Å². The molecule has 0 aliphatic rings. The highest BCUT2D eigenvalue weighted by Crippen LogP contribution is 2.34. The molecule has 0 saturated carbocycles. The largest absolute Gasteiger partial charge is 0.395 e. The summed E-state index contributed by atoms with van der Waals surface area (Å²) in [4.78, 5) is 10.4. The van der Waals surface area contributed by atoms with Crippen LogP contribution in [0.5, 0.6) is 0 Å². The van der Waals surface area contributed by atoms with Gasteiger partial charge >= 0.3 is 0 Å². The van der Waals surface area contributed by atoms with Crippen LogP contribution in [0.3, 0.4) is 0 Å². The van der Waals surface area contributed by atoms with Gasteiger partial charge in [0.2, 0.25) is 0 Å². The number of halogens is 1. The zero-order chi connectivity index (χ0) is 15.1. The van der Waals surface area contributed by atoms with Gasteiger partial charge in [0.05, 0.1) is 35.0 Å². The molecular formula is C11H16ClN3O5. The van der Waals surface area contributed by atoms with Gasteiger partial charge in [-0.25, -0.2) is 0 Å². The number of nitro groups is 1. The molecule has 8 nitrogen and oxygen atoms in total. The van der Waals surface area contributed by atoms with Gasteiger partial charge in [-0.1, -0.05) is 11.6 Å². The normalized spacial score (nSPS) is 12.0. The van der Waals surface area contributed by atoms with Crippen molar-refractivity contribution in [3.63, 3.8) is 0 Å². The van der Waals surface area contributed by atoms with E-state index in [-0.39, 0.29) is 41.8 Å². The van der Waals surface area contributed by atoms with E-state index >= 15 is 0 Å². The summed E-state index contributed by atoms with van der Waals surface area (Å²) in [7, 11) is 0. The molecule has 0 fully saturated rings. The van der Waals surface area contributed by atoms with Gasteiger partial charge in [0.25, 0.3) is 5.69 Å². The van der Waals surface area contributed by atoms with E-state index < -0.39 is 17.6 Å². The Morgan fingerprint density at radius 2 is 2.00 bits per heavy atom. The Balaban J connectivity index is 2.97. The summed E-state index contributed by atoms with van der Waals surface area (Å²) in [5.74, 6) is 0. The summed E-state index contributed by atoms with van der Waals surface area (Å²) in [5.41, 5.74) is 0.270. The summed E-state index contributed by atoms with van der Waals surface area (Å²) in [6.45, 7) is -0.426. The summed E-state index contributed by atoms with van der Waals surface area (Å²) in [5, 5.41) is 43.3. The third kappa shape index (κ3) is 4.49. The minimum atomic E-state index is -0.989. The third-order valence-electron chi connectivity index (χ3n) is 2.45. The van der Waals surface area contributed by atoms with Crippen LogP contribution in [0.25, 0.3) is 0 Å². The number of rotatable bonds is 8. The quantitative estimate of drug-likeness (QED) is 0.348. The molecule has 1 aromatic carbocycles. The number of hydrogen-bond acceptors (Lipinski definition) is 7. The topological polar surface area (TPSA) is 128 Å². The van der Waals surface area contributed by atoms with Gasteiger partial charge in [0.15, 0.2) is 0 Å². The highest BCUT2D eigenvalue weighted by Gasteiger charge is 2.17. The van der Waals surface area contributed by atoms with E-state index in [1.54, 1.807) is 0 Å². The highest BCUT2D eigenvalue weighted by atomic mass is 35.5. The van der Waals surface area contributed by atoms with Crippen LogP contribution in [0.1, 0.15) is 0 Å². The average molecular weight is 306 g/mol. The van der Waals surface area contributed by atoms with E-state index in [0.29, 0.717) is 0 Å². The van der Waals surface area contributed by atoms with Crippen LogP contribution in [0, 0.1) is 10.1 Å². The Labute approximate surface area is 120 Å². The van der Waals surface area contributed by atoms with Crippen LogP contribution in [-0.4, -0.2) is 52.7 Å². The summed E-state index contributed by atoms with van der Waals surface area (Å²) < 4.78 is 0. The Bertz CT molecular complexity index is 472. The number of nitro benzene ring substituents is 1. The summed E-state index contributed by atoms with van der Waals surface area (Å²) in [6, 6.07) is 2.59. The molecular weight excluding hydrogens is 290 g/mol. The predicted octanol–water partition coefficient (Wildman–Crippen LogP) is 0.417. The molecule has 1 atom stereocenters. The van der Waals surface area contributed by atoms with Crippen LogP contribution in [-0.2, 0) is 0 Å². The first kappa shape index (κ1) is 16.4.